The summed E-state index contributed by atoms with van der Waals surface area (Å²) in [5, 5.41) is 14.1. The highest BCUT2D eigenvalue weighted by Gasteiger charge is 2.31. The lowest BCUT2D eigenvalue weighted by molar-refractivity contribution is -0.134. The molecule has 0 saturated heterocycles. The number of aliphatic hydroxyl groups is 1. The number of carbonyl (C=O) groups excluding carboxylic acids is 2. The van der Waals surface area contributed by atoms with E-state index in [2.05, 4.69) is 36.3 Å². The van der Waals surface area contributed by atoms with Crippen LogP contribution in [0.5, 0.6) is 17.2 Å². The summed E-state index contributed by atoms with van der Waals surface area (Å²) < 4.78 is 14.7. The van der Waals surface area contributed by atoms with Crippen molar-refractivity contribution in [3.05, 3.63) is 120 Å². The van der Waals surface area contributed by atoms with Crippen molar-refractivity contribution in [2.24, 2.45) is 13.0 Å². The predicted molar refractivity (Wildman–Crippen MR) is 197 cm³/mol. The van der Waals surface area contributed by atoms with Gasteiger partial charge in [0.05, 0.1) is 25.5 Å². The number of fused-ring (bicyclic) bond motifs is 2. The average Bonchev–Trinajstić information content (AvgIpc) is 3.44. The number of ether oxygens (including phenoxy) is 2. The number of aryl methyl sites for hydroxylation is 1. The minimum Gasteiger partial charge on any atom is -0.488 e. The van der Waals surface area contributed by atoms with Crippen LogP contribution in [0.25, 0.3) is 10.9 Å². The number of likely N-dealkylation sites (N-methyl/N-ethyl adjacent to an activating group) is 1. The molecule has 4 aromatic carbocycles. The van der Waals surface area contributed by atoms with Crippen LogP contribution in [0.3, 0.4) is 0 Å². The summed E-state index contributed by atoms with van der Waals surface area (Å²) >= 11 is 0. The first kappa shape index (κ1) is 34.7. The maximum Gasteiger partial charge on any atom is 0.228 e. The number of para-hydroxylation sites is 2. The van der Waals surface area contributed by atoms with Gasteiger partial charge in [-0.1, -0.05) is 55.5 Å². The van der Waals surface area contributed by atoms with E-state index in [9.17, 15) is 14.7 Å². The van der Waals surface area contributed by atoms with Gasteiger partial charge in [-0.05, 0) is 73.6 Å². The van der Waals surface area contributed by atoms with E-state index in [0.717, 1.165) is 33.5 Å². The molecular weight excluding hydrogens is 628 g/mol. The molecule has 2 heterocycles. The number of aromatic nitrogens is 1. The summed E-state index contributed by atoms with van der Waals surface area (Å²) in [7, 11) is 4.04. The molecule has 2 amide bonds. The van der Waals surface area contributed by atoms with Crippen molar-refractivity contribution in [3.63, 3.8) is 0 Å². The molecule has 5 aromatic rings. The van der Waals surface area contributed by atoms with E-state index < -0.39 is 0 Å². The molecule has 0 spiro atoms. The number of aliphatic hydroxyl groups excluding tert-OH is 1. The van der Waals surface area contributed by atoms with Crippen LogP contribution in [0.15, 0.2) is 103 Å². The lowest BCUT2D eigenvalue weighted by Crippen LogP contribution is -2.47. The van der Waals surface area contributed by atoms with Gasteiger partial charge in [0.25, 0.3) is 0 Å². The molecule has 260 valence electrons. The van der Waals surface area contributed by atoms with Gasteiger partial charge in [0.1, 0.15) is 23.4 Å². The molecule has 0 bridgehead atoms. The maximum absolute atomic E-state index is 13.7. The lowest BCUT2D eigenvalue weighted by Gasteiger charge is -2.34. The molecule has 1 aliphatic heterocycles. The quantitative estimate of drug-likeness (QED) is 0.168. The third kappa shape index (κ3) is 8.35. The molecular formula is C41H46N4O5. The summed E-state index contributed by atoms with van der Waals surface area (Å²) in [4.78, 5) is 30.9. The normalized spacial score (nSPS) is 17.0. The molecule has 9 heteroatoms. The minimum absolute atomic E-state index is 0.0249. The molecule has 1 aromatic heterocycles. The Kier molecular flexibility index (Phi) is 10.8. The van der Waals surface area contributed by atoms with Gasteiger partial charge in [-0.2, -0.15) is 0 Å². The van der Waals surface area contributed by atoms with Crippen LogP contribution in [0, 0.1) is 5.92 Å². The van der Waals surface area contributed by atoms with Crippen molar-refractivity contribution in [1.29, 1.82) is 0 Å². The Morgan fingerprint density at radius 3 is 2.50 bits per heavy atom. The fourth-order valence-electron chi connectivity index (χ4n) is 6.64. The summed E-state index contributed by atoms with van der Waals surface area (Å²) in [5.41, 5.74) is 4.47. The van der Waals surface area contributed by atoms with Gasteiger partial charge in [-0.15, -0.1) is 0 Å². The zero-order valence-electron chi connectivity index (χ0n) is 29.2. The first-order chi connectivity index (χ1) is 24.2. The van der Waals surface area contributed by atoms with E-state index in [4.69, 9.17) is 9.47 Å². The second kappa shape index (κ2) is 15.6. The zero-order chi connectivity index (χ0) is 35.2. The summed E-state index contributed by atoms with van der Waals surface area (Å²) in [6.07, 6.45) is 2.07. The monoisotopic (exact) mass is 674 g/mol. The first-order valence-electron chi connectivity index (χ1n) is 17.2. The van der Waals surface area contributed by atoms with Crippen LogP contribution in [-0.2, 0) is 36.0 Å². The predicted octanol–water partition coefficient (Wildman–Crippen LogP) is 6.43. The fourth-order valence-corrected chi connectivity index (χ4v) is 6.64. The van der Waals surface area contributed by atoms with Crippen molar-refractivity contribution >= 4 is 28.4 Å². The Morgan fingerprint density at radius 2 is 1.74 bits per heavy atom. The lowest BCUT2D eigenvalue weighted by atomic mass is 10.0. The van der Waals surface area contributed by atoms with Gasteiger partial charge in [-0.25, -0.2) is 0 Å². The molecule has 2 N–H and O–H groups in total. The fraction of sp³-hybridized carbons (Fsp3) is 0.317. The minimum atomic E-state index is -0.343. The van der Waals surface area contributed by atoms with E-state index in [0.29, 0.717) is 36.6 Å². The van der Waals surface area contributed by atoms with E-state index in [-0.39, 0.29) is 49.3 Å². The van der Waals surface area contributed by atoms with Gasteiger partial charge in [0, 0.05) is 61.0 Å². The number of amides is 2. The molecule has 0 saturated carbocycles. The SMILES string of the molecule is C[C@@H]1CN([C@@H](C)CO)C(=O)Cc2cc(NC(=O)Cc3cn(C)c4ccccc34)ccc2O[C@@H]1CN(C)Cc1ccc(Oc2ccccc2)cc1. The molecule has 3 atom stereocenters. The van der Waals surface area contributed by atoms with Crippen LogP contribution in [-0.4, -0.2) is 70.2 Å². The third-order valence-corrected chi connectivity index (χ3v) is 9.38. The van der Waals surface area contributed by atoms with Crippen LogP contribution in [0.1, 0.15) is 30.5 Å². The molecule has 1 aliphatic rings. The molecule has 0 unspecified atom stereocenters. The highest BCUT2D eigenvalue weighted by Crippen LogP contribution is 2.30. The molecule has 6 rings (SSSR count). The maximum atomic E-state index is 13.7. The van der Waals surface area contributed by atoms with E-state index in [1.807, 2.05) is 110 Å². The highest BCUT2D eigenvalue weighted by molar-refractivity contribution is 5.96. The third-order valence-electron chi connectivity index (χ3n) is 9.38. The Morgan fingerprint density at radius 1 is 1.02 bits per heavy atom. The van der Waals surface area contributed by atoms with E-state index in [1.54, 1.807) is 4.90 Å². The van der Waals surface area contributed by atoms with Gasteiger partial charge in [0.2, 0.25) is 11.8 Å². The van der Waals surface area contributed by atoms with Crippen LogP contribution < -0.4 is 14.8 Å². The highest BCUT2D eigenvalue weighted by atomic mass is 16.5. The molecule has 9 nitrogen and oxygen atoms in total. The van der Waals surface area contributed by atoms with Crippen molar-refractivity contribution < 1.29 is 24.2 Å². The van der Waals surface area contributed by atoms with Crippen molar-refractivity contribution in [1.82, 2.24) is 14.4 Å². The summed E-state index contributed by atoms with van der Waals surface area (Å²) in [6, 6.07) is 31.0. The van der Waals surface area contributed by atoms with Crippen LogP contribution >= 0.6 is 0 Å². The molecule has 0 fully saturated rings. The second-order valence-electron chi connectivity index (χ2n) is 13.5. The Labute approximate surface area is 294 Å². The van der Waals surface area contributed by atoms with Gasteiger partial charge < -0.3 is 29.4 Å². The van der Waals surface area contributed by atoms with Gasteiger partial charge >= 0.3 is 0 Å². The summed E-state index contributed by atoms with van der Waals surface area (Å²) in [6.45, 7) is 5.58. The number of anilines is 1. The number of hydrogen-bond acceptors (Lipinski definition) is 6. The Bertz CT molecular complexity index is 1920. The zero-order valence-corrected chi connectivity index (χ0v) is 29.2. The number of hydrogen-bond donors (Lipinski definition) is 2. The average molecular weight is 675 g/mol. The van der Waals surface area contributed by atoms with Crippen molar-refractivity contribution in [3.8, 4) is 17.2 Å². The molecule has 50 heavy (non-hydrogen) atoms. The van der Waals surface area contributed by atoms with Gasteiger partial charge in [-0.3, -0.25) is 14.5 Å². The second-order valence-corrected chi connectivity index (χ2v) is 13.5. The number of nitrogens with one attached hydrogen (secondary N) is 1. The van der Waals surface area contributed by atoms with E-state index >= 15 is 0 Å². The van der Waals surface area contributed by atoms with E-state index in [1.165, 1.54) is 0 Å². The standard InChI is InChI=1S/C41H46N4O5/c1-28-23-45(29(2)27-46)41(48)22-31-20-33(42-40(47)21-32-25-44(4)37-13-9-8-12-36(32)37)16-19-38(31)50-39(28)26-43(3)24-30-14-17-35(18-15-30)49-34-10-6-5-7-11-34/h5-20,25,28-29,39,46H,21-24,26-27H2,1-4H3,(H,42,47)/t28-,29+,39-/m1/s1. The summed E-state index contributed by atoms with van der Waals surface area (Å²) in [5.74, 6) is 1.94. The number of rotatable bonds is 11. The largest absolute Gasteiger partial charge is 0.488 e. The topological polar surface area (TPSA) is 96.3 Å². The van der Waals surface area contributed by atoms with Gasteiger partial charge in [0.15, 0.2) is 0 Å². The smallest absolute Gasteiger partial charge is 0.228 e. The van der Waals surface area contributed by atoms with Crippen molar-refractivity contribution in [2.45, 2.75) is 45.4 Å². The first-order valence-corrected chi connectivity index (χ1v) is 17.2. The molecule has 0 radical (unpaired) electrons. The Hall–Kier alpha value is -5.12. The Balaban J connectivity index is 1.17. The van der Waals surface area contributed by atoms with Crippen LogP contribution in [0.4, 0.5) is 5.69 Å². The number of nitrogens with zero attached hydrogens (tertiary/aromatic N) is 3. The number of benzene rings is 4. The van der Waals surface area contributed by atoms with Crippen molar-refractivity contribution in [2.75, 3.05) is 32.1 Å². The molecule has 0 aliphatic carbocycles. The van der Waals surface area contributed by atoms with Crippen LogP contribution in [0.2, 0.25) is 0 Å². The number of carbonyl (C=O) groups is 2.